The van der Waals surface area contributed by atoms with Crippen molar-refractivity contribution in [3.8, 4) is 0 Å². The molecule has 2 heterocycles. The van der Waals surface area contributed by atoms with E-state index in [9.17, 15) is 4.79 Å². The fourth-order valence-corrected chi connectivity index (χ4v) is 2.77. The van der Waals surface area contributed by atoms with Crippen LogP contribution in [0.25, 0.3) is 0 Å². The topological polar surface area (TPSA) is 55.3 Å². The molecule has 2 rings (SSSR count). The standard InChI is InChI=1S/C14H21N3O2S/c1-9(2)12-15-10(3)11(13(16-12)20-4)14(18)17-5-7-19-8-6-17/h9H,5-8H2,1-4H3. The summed E-state index contributed by atoms with van der Waals surface area (Å²) in [5.74, 6) is 1.07. The van der Waals surface area contributed by atoms with E-state index in [2.05, 4.69) is 23.8 Å². The highest BCUT2D eigenvalue weighted by atomic mass is 32.2. The minimum atomic E-state index is 0.0189. The molecule has 0 aliphatic carbocycles. The van der Waals surface area contributed by atoms with E-state index in [1.807, 2.05) is 18.1 Å². The van der Waals surface area contributed by atoms with Gasteiger partial charge < -0.3 is 9.64 Å². The SMILES string of the molecule is CSc1nc(C(C)C)nc(C)c1C(=O)N1CCOCC1. The van der Waals surface area contributed by atoms with Crippen LogP contribution in [0.5, 0.6) is 0 Å². The molecule has 1 aromatic heterocycles. The van der Waals surface area contributed by atoms with E-state index in [-0.39, 0.29) is 11.8 Å². The first-order valence-corrected chi connectivity index (χ1v) is 8.06. The Morgan fingerprint density at radius 1 is 1.30 bits per heavy atom. The number of aryl methyl sites for hydroxylation is 1. The third-order valence-electron chi connectivity index (χ3n) is 3.30. The Morgan fingerprint density at radius 2 is 1.95 bits per heavy atom. The fourth-order valence-electron chi connectivity index (χ4n) is 2.14. The summed E-state index contributed by atoms with van der Waals surface area (Å²) in [4.78, 5) is 23.5. The summed E-state index contributed by atoms with van der Waals surface area (Å²) in [5, 5.41) is 0.776. The number of morpholine rings is 1. The van der Waals surface area contributed by atoms with Gasteiger partial charge in [0, 0.05) is 19.0 Å². The van der Waals surface area contributed by atoms with E-state index in [1.165, 1.54) is 11.8 Å². The second kappa shape index (κ2) is 6.54. The van der Waals surface area contributed by atoms with Crippen LogP contribution in [-0.4, -0.2) is 53.3 Å². The molecule has 0 radical (unpaired) electrons. The number of nitrogens with zero attached hydrogens (tertiary/aromatic N) is 3. The first kappa shape index (κ1) is 15.3. The highest BCUT2D eigenvalue weighted by molar-refractivity contribution is 7.98. The Kier molecular flexibility index (Phi) is 4.99. The molecule has 110 valence electrons. The van der Waals surface area contributed by atoms with Crippen LogP contribution < -0.4 is 0 Å². The Bertz CT molecular complexity index is 499. The molecule has 1 aliphatic heterocycles. The predicted octanol–water partition coefficient (Wildman–Crippen LogP) is 2.10. The predicted molar refractivity (Wildman–Crippen MR) is 79.4 cm³/mol. The van der Waals surface area contributed by atoms with Gasteiger partial charge in [-0.1, -0.05) is 13.8 Å². The maximum atomic E-state index is 12.7. The van der Waals surface area contributed by atoms with E-state index >= 15 is 0 Å². The van der Waals surface area contributed by atoms with Crippen molar-refractivity contribution >= 4 is 17.7 Å². The van der Waals surface area contributed by atoms with Gasteiger partial charge in [0.1, 0.15) is 10.9 Å². The third-order valence-corrected chi connectivity index (χ3v) is 3.98. The quantitative estimate of drug-likeness (QED) is 0.631. The summed E-state index contributed by atoms with van der Waals surface area (Å²) >= 11 is 1.50. The molecular weight excluding hydrogens is 274 g/mol. The van der Waals surface area contributed by atoms with E-state index in [4.69, 9.17) is 4.74 Å². The molecule has 1 aliphatic rings. The molecule has 1 amide bonds. The average Bonchev–Trinajstić information content (AvgIpc) is 2.46. The van der Waals surface area contributed by atoms with Crippen LogP contribution in [0.1, 0.15) is 41.6 Å². The van der Waals surface area contributed by atoms with Crippen LogP contribution in [0, 0.1) is 6.92 Å². The second-order valence-corrected chi connectivity index (χ2v) is 5.91. The number of carbonyl (C=O) groups excluding carboxylic acids is 1. The Balaban J connectivity index is 2.37. The number of carbonyl (C=O) groups is 1. The normalized spacial score (nSPS) is 15.8. The number of thioether (sulfide) groups is 1. The molecule has 6 heteroatoms. The minimum absolute atomic E-state index is 0.0189. The van der Waals surface area contributed by atoms with Gasteiger partial charge in [-0.05, 0) is 13.2 Å². The van der Waals surface area contributed by atoms with Crippen molar-refractivity contribution < 1.29 is 9.53 Å². The van der Waals surface area contributed by atoms with Gasteiger partial charge in [0.15, 0.2) is 0 Å². The first-order valence-electron chi connectivity index (χ1n) is 6.84. The zero-order chi connectivity index (χ0) is 14.7. The molecular formula is C14H21N3O2S. The summed E-state index contributed by atoms with van der Waals surface area (Å²) in [6, 6.07) is 0. The van der Waals surface area contributed by atoms with Crippen LogP contribution in [0.15, 0.2) is 5.03 Å². The lowest BCUT2D eigenvalue weighted by atomic mass is 10.1. The molecule has 1 fully saturated rings. The zero-order valence-corrected chi connectivity index (χ0v) is 13.3. The van der Waals surface area contributed by atoms with Crippen molar-refractivity contribution in [2.45, 2.75) is 31.7 Å². The maximum absolute atomic E-state index is 12.7. The summed E-state index contributed by atoms with van der Waals surface area (Å²) in [7, 11) is 0. The van der Waals surface area contributed by atoms with Crippen LogP contribution in [0.3, 0.4) is 0 Å². The summed E-state index contributed by atoms with van der Waals surface area (Å²) in [6.07, 6.45) is 1.95. The summed E-state index contributed by atoms with van der Waals surface area (Å²) in [6.45, 7) is 8.48. The molecule has 0 unspecified atom stereocenters. The van der Waals surface area contributed by atoms with Crippen LogP contribution in [-0.2, 0) is 4.74 Å². The highest BCUT2D eigenvalue weighted by Gasteiger charge is 2.25. The van der Waals surface area contributed by atoms with Crippen LogP contribution in [0.4, 0.5) is 0 Å². The smallest absolute Gasteiger partial charge is 0.258 e. The van der Waals surface area contributed by atoms with Gasteiger partial charge >= 0.3 is 0 Å². The van der Waals surface area contributed by atoms with Crippen LogP contribution >= 0.6 is 11.8 Å². The molecule has 0 atom stereocenters. The number of hydrogen-bond acceptors (Lipinski definition) is 5. The lowest BCUT2D eigenvalue weighted by Gasteiger charge is -2.27. The molecule has 0 N–H and O–H groups in total. The van der Waals surface area contributed by atoms with Crippen molar-refractivity contribution in [3.63, 3.8) is 0 Å². The number of hydrogen-bond donors (Lipinski definition) is 0. The average molecular weight is 295 g/mol. The number of aromatic nitrogens is 2. The van der Waals surface area contributed by atoms with Gasteiger partial charge in [-0.3, -0.25) is 4.79 Å². The minimum Gasteiger partial charge on any atom is -0.378 e. The molecule has 0 saturated carbocycles. The van der Waals surface area contributed by atoms with E-state index < -0.39 is 0 Å². The lowest BCUT2D eigenvalue weighted by Crippen LogP contribution is -2.41. The van der Waals surface area contributed by atoms with Gasteiger partial charge in [-0.15, -0.1) is 11.8 Å². The van der Waals surface area contributed by atoms with E-state index in [1.54, 1.807) is 0 Å². The molecule has 0 spiro atoms. The monoisotopic (exact) mass is 295 g/mol. The second-order valence-electron chi connectivity index (χ2n) is 5.11. The Morgan fingerprint density at radius 3 is 2.50 bits per heavy atom. The largest absolute Gasteiger partial charge is 0.378 e. The molecule has 5 nitrogen and oxygen atoms in total. The van der Waals surface area contributed by atoms with Crippen molar-refractivity contribution in [1.29, 1.82) is 0 Å². The maximum Gasteiger partial charge on any atom is 0.258 e. The number of rotatable bonds is 3. The molecule has 1 saturated heterocycles. The Hall–Kier alpha value is -1.14. The van der Waals surface area contributed by atoms with E-state index in [0.29, 0.717) is 31.9 Å². The lowest BCUT2D eigenvalue weighted by molar-refractivity contribution is 0.0299. The number of amides is 1. The van der Waals surface area contributed by atoms with Gasteiger partial charge in [0.25, 0.3) is 5.91 Å². The van der Waals surface area contributed by atoms with Gasteiger partial charge in [0.2, 0.25) is 0 Å². The molecule has 0 aromatic carbocycles. The van der Waals surface area contributed by atoms with Gasteiger partial charge in [0.05, 0.1) is 24.5 Å². The van der Waals surface area contributed by atoms with Crippen molar-refractivity contribution in [1.82, 2.24) is 14.9 Å². The highest BCUT2D eigenvalue weighted by Crippen LogP contribution is 2.24. The fraction of sp³-hybridized carbons (Fsp3) is 0.643. The van der Waals surface area contributed by atoms with Crippen LogP contribution in [0.2, 0.25) is 0 Å². The molecule has 20 heavy (non-hydrogen) atoms. The van der Waals surface area contributed by atoms with Crippen molar-refractivity contribution in [3.05, 3.63) is 17.1 Å². The molecule has 0 bridgehead atoms. The number of ether oxygens (including phenoxy) is 1. The van der Waals surface area contributed by atoms with Gasteiger partial charge in [-0.2, -0.15) is 0 Å². The summed E-state index contributed by atoms with van der Waals surface area (Å²) in [5.41, 5.74) is 1.41. The third kappa shape index (κ3) is 3.12. The molecule has 1 aromatic rings. The van der Waals surface area contributed by atoms with E-state index in [0.717, 1.165) is 16.5 Å². The van der Waals surface area contributed by atoms with Crippen molar-refractivity contribution in [2.75, 3.05) is 32.6 Å². The van der Waals surface area contributed by atoms with Crippen molar-refractivity contribution in [2.24, 2.45) is 0 Å². The van der Waals surface area contributed by atoms with Gasteiger partial charge in [-0.25, -0.2) is 9.97 Å². The first-order chi connectivity index (χ1) is 9.54. The summed E-state index contributed by atoms with van der Waals surface area (Å²) < 4.78 is 5.29. The zero-order valence-electron chi connectivity index (χ0n) is 12.5. The Labute approximate surface area is 124 Å².